The van der Waals surface area contributed by atoms with E-state index >= 15 is 0 Å². The van der Waals surface area contributed by atoms with Gasteiger partial charge in [0.15, 0.2) is 0 Å². The van der Waals surface area contributed by atoms with E-state index in [4.69, 9.17) is 23.2 Å². The summed E-state index contributed by atoms with van der Waals surface area (Å²) in [6.45, 7) is 0.416. The van der Waals surface area contributed by atoms with Crippen LogP contribution in [-0.4, -0.2) is 35.3 Å². The summed E-state index contributed by atoms with van der Waals surface area (Å²) in [5.41, 5.74) is 1.35. The molecular weight excluding hydrogens is 337 g/mol. The highest BCUT2D eigenvalue weighted by molar-refractivity contribution is 6.45. The molecule has 0 saturated heterocycles. The average molecular weight is 352 g/mol. The number of amides is 2. The molecule has 5 nitrogen and oxygen atoms in total. The van der Waals surface area contributed by atoms with E-state index in [0.29, 0.717) is 23.7 Å². The van der Waals surface area contributed by atoms with E-state index in [1.807, 2.05) is 12.1 Å². The van der Waals surface area contributed by atoms with Crippen LogP contribution in [0.15, 0.2) is 42.7 Å². The Morgan fingerprint density at radius 1 is 1.17 bits per heavy atom. The second kappa shape index (κ2) is 7.94. The largest absolute Gasteiger partial charge is 0.337 e. The van der Waals surface area contributed by atoms with Crippen LogP contribution in [0.4, 0.5) is 5.69 Å². The number of rotatable bonds is 4. The topological polar surface area (TPSA) is 62.3 Å². The van der Waals surface area contributed by atoms with Crippen molar-refractivity contribution in [2.24, 2.45) is 0 Å². The van der Waals surface area contributed by atoms with Gasteiger partial charge >= 0.3 is 11.8 Å². The lowest BCUT2D eigenvalue weighted by Crippen LogP contribution is -2.38. The summed E-state index contributed by atoms with van der Waals surface area (Å²) in [6, 6.07) is 8.55. The molecule has 0 radical (unpaired) electrons. The Balaban J connectivity index is 1.93. The second-order valence-corrected chi connectivity index (χ2v) is 5.67. The molecule has 0 aliphatic heterocycles. The van der Waals surface area contributed by atoms with Crippen molar-refractivity contribution in [2.45, 2.75) is 6.42 Å². The van der Waals surface area contributed by atoms with Crippen molar-refractivity contribution in [3.8, 4) is 0 Å². The summed E-state index contributed by atoms with van der Waals surface area (Å²) in [5.74, 6) is -1.40. The van der Waals surface area contributed by atoms with Crippen molar-refractivity contribution in [1.29, 1.82) is 0 Å². The van der Waals surface area contributed by atoms with E-state index in [0.717, 1.165) is 5.56 Å². The number of benzene rings is 1. The summed E-state index contributed by atoms with van der Waals surface area (Å²) in [4.78, 5) is 29.4. The van der Waals surface area contributed by atoms with E-state index in [2.05, 4.69) is 10.3 Å². The number of hydrogen-bond acceptors (Lipinski definition) is 3. The van der Waals surface area contributed by atoms with E-state index in [9.17, 15) is 9.59 Å². The first-order chi connectivity index (χ1) is 11.0. The minimum Gasteiger partial charge on any atom is -0.337 e. The number of nitrogens with zero attached hydrogens (tertiary/aromatic N) is 2. The van der Waals surface area contributed by atoms with Crippen molar-refractivity contribution in [2.75, 3.05) is 18.9 Å². The highest BCUT2D eigenvalue weighted by Gasteiger charge is 2.19. The maximum Gasteiger partial charge on any atom is 0.313 e. The summed E-state index contributed by atoms with van der Waals surface area (Å²) in [6.07, 6.45) is 4.01. The first-order valence-electron chi connectivity index (χ1n) is 6.88. The molecule has 23 heavy (non-hydrogen) atoms. The van der Waals surface area contributed by atoms with E-state index in [1.54, 1.807) is 37.6 Å². The Morgan fingerprint density at radius 2 is 1.87 bits per heavy atom. The standard InChI is InChI=1S/C16H15Cl2N3O2/c1-21(10-7-11-5-8-19-9-6-11)16(23)15(22)20-13-4-2-3-12(17)14(13)18/h2-6,8-9H,7,10H2,1H3,(H,20,22). The van der Waals surface area contributed by atoms with Crippen LogP contribution in [0.25, 0.3) is 0 Å². The number of anilines is 1. The number of pyridine rings is 1. The van der Waals surface area contributed by atoms with Crippen LogP contribution in [0, 0.1) is 0 Å². The summed E-state index contributed by atoms with van der Waals surface area (Å²) in [7, 11) is 1.57. The third-order valence-corrected chi connectivity index (χ3v) is 4.04. The molecule has 1 aromatic carbocycles. The van der Waals surface area contributed by atoms with Gasteiger partial charge in [0.05, 0.1) is 15.7 Å². The number of hydrogen-bond donors (Lipinski definition) is 1. The minimum atomic E-state index is -0.758. The van der Waals surface area contributed by atoms with Crippen molar-refractivity contribution >= 4 is 40.7 Å². The molecule has 0 atom stereocenters. The Morgan fingerprint density at radius 3 is 2.57 bits per heavy atom. The molecule has 0 aliphatic carbocycles. The van der Waals surface area contributed by atoms with E-state index in [-0.39, 0.29) is 5.02 Å². The molecule has 2 rings (SSSR count). The van der Waals surface area contributed by atoms with Crippen molar-refractivity contribution in [1.82, 2.24) is 9.88 Å². The van der Waals surface area contributed by atoms with Crippen molar-refractivity contribution in [3.63, 3.8) is 0 Å². The Kier molecular flexibility index (Phi) is 5.96. The predicted molar refractivity (Wildman–Crippen MR) is 90.7 cm³/mol. The number of aromatic nitrogens is 1. The van der Waals surface area contributed by atoms with Gasteiger partial charge < -0.3 is 10.2 Å². The third-order valence-electron chi connectivity index (χ3n) is 3.23. The lowest BCUT2D eigenvalue weighted by molar-refractivity contribution is -0.142. The van der Waals surface area contributed by atoms with Gasteiger partial charge in [-0.3, -0.25) is 14.6 Å². The fraction of sp³-hybridized carbons (Fsp3) is 0.188. The zero-order chi connectivity index (χ0) is 16.8. The number of halogens is 2. The first kappa shape index (κ1) is 17.2. The molecular formula is C16H15Cl2N3O2. The summed E-state index contributed by atoms with van der Waals surface area (Å²) < 4.78 is 0. The molecule has 0 bridgehead atoms. The van der Waals surface area contributed by atoms with Gasteiger partial charge in [-0.2, -0.15) is 0 Å². The molecule has 2 aromatic rings. The zero-order valence-corrected chi connectivity index (χ0v) is 13.9. The molecule has 1 N–H and O–H groups in total. The third kappa shape index (κ3) is 4.68. The van der Waals surface area contributed by atoms with Crippen LogP contribution in [0.5, 0.6) is 0 Å². The monoisotopic (exact) mass is 351 g/mol. The second-order valence-electron chi connectivity index (χ2n) is 4.89. The lowest BCUT2D eigenvalue weighted by atomic mass is 10.2. The van der Waals surface area contributed by atoms with Crippen LogP contribution in [0.2, 0.25) is 10.0 Å². The number of nitrogens with one attached hydrogen (secondary N) is 1. The molecule has 1 aromatic heterocycles. The number of carbonyl (C=O) groups is 2. The predicted octanol–water partition coefficient (Wildman–Crippen LogP) is 3.03. The average Bonchev–Trinajstić information content (AvgIpc) is 2.57. The summed E-state index contributed by atoms with van der Waals surface area (Å²) >= 11 is 11.9. The molecule has 1 heterocycles. The maximum atomic E-state index is 12.1. The quantitative estimate of drug-likeness (QED) is 0.861. The molecule has 0 unspecified atom stereocenters. The SMILES string of the molecule is CN(CCc1ccncc1)C(=O)C(=O)Nc1cccc(Cl)c1Cl. The highest BCUT2D eigenvalue weighted by Crippen LogP contribution is 2.29. The zero-order valence-electron chi connectivity index (χ0n) is 12.4. The Hall–Kier alpha value is -2.11. The smallest absolute Gasteiger partial charge is 0.313 e. The Bertz CT molecular complexity index is 708. The van der Waals surface area contributed by atoms with Gasteiger partial charge in [0.2, 0.25) is 0 Å². The molecule has 0 spiro atoms. The van der Waals surface area contributed by atoms with Crippen LogP contribution >= 0.6 is 23.2 Å². The molecule has 7 heteroatoms. The minimum absolute atomic E-state index is 0.203. The summed E-state index contributed by atoms with van der Waals surface area (Å²) in [5, 5.41) is 2.99. The van der Waals surface area contributed by atoms with Gasteiger partial charge in [0.1, 0.15) is 0 Å². The van der Waals surface area contributed by atoms with Crippen LogP contribution in [0.1, 0.15) is 5.56 Å². The molecule has 0 fully saturated rings. The highest BCUT2D eigenvalue weighted by atomic mass is 35.5. The lowest BCUT2D eigenvalue weighted by Gasteiger charge is -2.17. The van der Waals surface area contributed by atoms with Gasteiger partial charge in [-0.1, -0.05) is 29.3 Å². The van der Waals surface area contributed by atoms with E-state index < -0.39 is 11.8 Å². The normalized spacial score (nSPS) is 10.2. The van der Waals surface area contributed by atoms with Crippen LogP contribution < -0.4 is 5.32 Å². The van der Waals surface area contributed by atoms with Gasteiger partial charge in [-0.05, 0) is 36.2 Å². The van der Waals surface area contributed by atoms with Crippen molar-refractivity contribution in [3.05, 3.63) is 58.3 Å². The fourth-order valence-electron chi connectivity index (χ4n) is 1.90. The molecule has 0 saturated carbocycles. The maximum absolute atomic E-state index is 12.1. The van der Waals surface area contributed by atoms with Crippen LogP contribution in [-0.2, 0) is 16.0 Å². The van der Waals surface area contributed by atoms with Gasteiger partial charge in [-0.25, -0.2) is 0 Å². The molecule has 0 aliphatic rings. The van der Waals surface area contributed by atoms with Crippen molar-refractivity contribution < 1.29 is 9.59 Å². The Labute approximate surface area is 144 Å². The fourth-order valence-corrected chi connectivity index (χ4v) is 2.25. The molecule has 2 amide bonds. The van der Waals surface area contributed by atoms with Gasteiger partial charge in [0, 0.05) is 26.0 Å². The molecule has 120 valence electrons. The number of likely N-dealkylation sites (N-methyl/N-ethyl adjacent to an activating group) is 1. The van der Waals surface area contributed by atoms with Crippen LogP contribution in [0.3, 0.4) is 0 Å². The first-order valence-corrected chi connectivity index (χ1v) is 7.64. The van der Waals surface area contributed by atoms with Gasteiger partial charge in [0.25, 0.3) is 0 Å². The van der Waals surface area contributed by atoms with E-state index in [1.165, 1.54) is 4.90 Å². The number of carbonyl (C=O) groups excluding carboxylic acids is 2. The van der Waals surface area contributed by atoms with Gasteiger partial charge in [-0.15, -0.1) is 0 Å².